The fraction of sp³-hybridized carbons (Fsp3) is 0.786. The van der Waals surface area contributed by atoms with Crippen LogP contribution in [-0.2, 0) is 0 Å². The van der Waals surface area contributed by atoms with E-state index in [4.69, 9.17) is 0 Å². The van der Waals surface area contributed by atoms with E-state index in [-0.39, 0.29) is 24.1 Å². The number of aliphatic hydroxyl groups is 1. The minimum atomic E-state index is -0.914. The smallest absolute Gasteiger partial charge is 0.407 e. The lowest BCUT2D eigenvalue weighted by atomic mass is 9.82. The molecule has 2 unspecified atom stereocenters. The van der Waals surface area contributed by atoms with Gasteiger partial charge in [0.15, 0.2) is 0 Å². The number of amides is 1. The van der Waals surface area contributed by atoms with E-state index >= 15 is 0 Å². The largest absolute Gasteiger partial charge is 0.465 e. The lowest BCUT2D eigenvalue weighted by molar-refractivity contribution is -0.0297. The van der Waals surface area contributed by atoms with Crippen molar-refractivity contribution in [3.05, 3.63) is 12.2 Å². The number of aliphatic hydroxyl groups excluding tert-OH is 1. The first-order chi connectivity index (χ1) is 8.66. The van der Waals surface area contributed by atoms with E-state index in [1.54, 1.807) is 0 Å². The zero-order valence-electron chi connectivity index (χ0n) is 12.4. The summed E-state index contributed by atoms with van der Waals surface area (Å²) in [7, 11) is 0. The molecule has 0 aromatic heterocycles. The van der Waals surface area contributed by atoms with Crippen LogP contribution in [0.25, 0.3) is 0 Å². The maximum absolute atomic E-state index is 11.2. The summed E-state index contributed by atoms with van der Waals surface area (Å²) in [4.78, 5) is 14.8. The highest BCUT2D eigenvalue weighted by Gasteiger charge is 2.41. The van der Waals surface area contributed by atoms with Gasteiger partial charge in [-0.15, -0.1) is 0 Å². The third kappa shape index (κ3) is 3.94. The summed E-state index contributed by atoms with van der Waals surface area (Å²) in [6, 6.07) is -0.0861. The van der Waals surface area contributed by atoms with Crippen molar-refractivity contribution in [1.29, 1.82) is 0 Å². The second-order valence-corrected chi connectivity index (χ2v) is 6.54. The van der Waals surface area contributed by atoms with Crippen molar-refractivity contribution in [3.8, 4) is 0 Å². The molecule has 1 saturated heterocycles. The van der Waals surface area contributed by atoms with Gasteiger partial charge in [0.25, 0.3) is 0 Å². The van der Waals surface area contributed by atoms with Crippen LogP contribution in [0.1, 0.15) is 27.7 Å². The molecule has 0 bridgehead atoms. The molecule has 2 atom stereocenters. The molecule has 0 aromatic rings. The molecule has 110 valence electrons. The van der Waals surface area contributed by atoms with Gasteiger partial charge in [0.2, 0.25) is 0 Å². The molecule has 0 radical (unpaired) electrons. The molecule has 1 fully saturated rings. The van der Waals surface area contributed by atoms with E-state index in [0.717, 1.165) is 5.57 Å². The van der Waals surface area contributed by atoms with Crippen LogP contribution in [-0.4, -0.2) is 64.4 Å². The van der Waals surface area contributed by atoms with Crippen LogP contribution in [0, 0.1) is 5.41 Å². The third-order valence-electron chi connectivity index (χ3n) is 3.63. The molecule has 1 amide bonds. The van der Waals surface area contributed by atoms with E-state index in [2.05, 4.69) is 32.3 Å². The van der Waals surface area contributed by atoms with Crippen molar-refractivity contribution in [1.82, 2.24) is 9.80 Å². The molecule has 0 saturated carbocycles. The number of hydrogen-bond donors (Lipinski definition) is 2. The van der Waals surface area contributed by atoms with Crippen LogP contribution in [0.5, 0.6) is 0 Å². The fourth-order valence-electron chi connectivity index (χ4n) is 2.64. The average molecular weight is 270 g/mol. The Labute approximate surface area is 115 Å². The SMILES string of the molecule is C=C(C)CN1C(CO)CN(C(=O)O)CC1C(C)(C)C. The van der Waals surface area contributed by atoms with Crippen molar-refractivity contribution < 1.29 is 15.0 Å². The second-order valence-electron chi connectivity index (χ2n) is 6.54. The Kier molecular flexibility index (Phi) is 4.98. The summed E-state index contributed by atoms with van der Waals surface area (Å²) in [6.45, 7) is 13.7. The molecule has 5 nitrogen and oxygen atoms in total. The van der Waals surface area contributed by atoms with Crippen molar-refractivity contribution >= 4 is 6.09 Å². The predicted molar refractivity (Wildman–Crippen MR) is 75.2 cm³/mol. The molecular weight excluding hydrogens is 244 g/mol. The molecule has 1 heterocycles. The summed E-state index contributed by atoms with van der Waals surface area (Å²) < 4.78 is 0. The number of nitrogens with zero attached hydrogens (tertiary/aromatic N) is 2. The Hall–Kier alpha value is -1.07. The van der Waals surface area contributed by atoms with E-state index in [0.29, 0.717) is 19.6 Å². The van der Waals surface area contributed by atoms with E-state index in [1.165, 1.54) is 4.90 Å². The van der Waals surface area contributed by atoms with Gasteiger partial charge in [0.05, 0.1) is 12.6 Å². The van der Waals surface area contributed by atoms with Crippen molar-refractivity contribution in [3.63, 3.8) is 0 Å². The highest BCUT2D eigenvalue weighted by atomic mass is 16.4. The molecule has 2 N–H and O–H groups in total. The Morgan fingerprint density at radius 1 is 1.37 bits per heavy atom. The maximum atomic E-state index is 11.2. The van der Waals surface area contributed by atoms with Crippen molar-refractivity contribution in [2.75, 3.05) is 26.2 Å². The highest BCUT2D eigenvalue weighted by molar-refractivity contribution is 5.65. The van der Waals surface area contributed by atoms with Crippen LogP contribution < -0.4 is 0 Å². The van der Waals surface area contributed by atoms with E-state index in [1.807, 2.05) is 6.92 Å². The maximum Gasteiger partial charge on any atom is 0.407 e. The standard InChI is InChI=1S/C14H26N2O3/c1-10(2)6-16-11(9-17)7-15(13(18)19)8-12(16)14(3,4)5/h11-12,17H,1,6-9H2,2-5H3,(H,18,19). The zero-order valence-corrected chi connectivity index (χ0v) is 12.4. The summed E-state index contributed by atoms with van der Waals surface area (Å²) >= 11 is 0. The Balaban J connectivity index is 3.02. The number of carboxylic acid groups (broad SMARTS) is 1. The van der Waals surface area contributed by atoms with Crippen LogP contribution in [0.15, 0.2) is 12.2 Å². The van der Waals surface area contributed by atoms with E-state index < -0.39 is 6.09 Å². The number of hydrogen-bond acceptors (Lipinski definition) is 3. The lowest BCUT2D eigenvalue weighted by Gasteiger charge is -2.50. The monoisotopic (exact) mass is 270 g/mol. The first-order valence-corrected chi connectivity index (χ1v) is 6.65. The topological polar surface area (TPSA) is 64.0 Å². The Morgan fingerprint density at radius 2 is 1.95 bits per heavy atom. The Bertz CT molecular complexity index is 349. The Morgan fingerprint density at radius 3 is 2.32 bits per heavy atom. The minimum Gasteiger partial charge on any atom is -0.465 e. The molecule has 5 heteroatoms. The predicted octanol–water partition coefficient (Wildman–Crippen LogP) is 1.63. The summed E-state index contributed by atoms with van der Waals surface area (Å²) in [6.07, 6.45) is -0.914. The van der Waals surface area contributed by atoms with Crippen molar-refractivity contribution in [2.45, 2.75) is 39.8 Å². The van der Waals surface area contributed by atoms with Gasteiger partial charge in [-0.2, -0.15) is 0 Å². The quantitative estimate of drug-likeness (QED) is 0.765. The van der Waals surface area contributed by atoms with Gasteiger partial charge >= 0.3 is 6.09 Å². The fourth-order valence-corrected chi connectivity index (χ4v) is 2.64. The van der Waals surface area contributed by atoms with Gasteiger partial charge in [-0.1, -0.05) is 32.9 Å². The van der Waals surface area contributed by atoms with Crippen LogP contribution in [0.4, 0.5) is 4.79 Å². The molecular formula is C14H26N2O3. The van der Waals surface area contributed by atoms with Gasteiger partial charge < -0.3 is 15.1 Å². The molecule has 0 spiro atoms. The minimum absolute atomic E-state index is 0.0381. The molecule has 1 aliphatic heterocycles. The van der Waals surface area contributed by atoms with Crippen LogP contribution >= 0.6 is 0 Å². The van der Waals surface area contributed by atoms with Crippen LogP contribution in [0.3, 0.4) is 0 Å². The van der Waals surface area contributed by atoms with Gasteiger partial charge in [-0.3, -0.25) is 4.90 Å². The highest BCUT2D eigenvalue weighted by Crippen LogP contribution is 2.30. The first-order valence-electron chi connectivity index (χ1n) is 6.65. The molecule has 0 aromatic carbocycles. The van der Waals surface area contributed by atoms with Gasteiger partial charge in [0.1, 0.15) is 0 Å². The molecule has 1 rings (SSSR count). The number of rotatable bonds is 3. The lowest BCUT2D eigenvalue weighted by Crippen LogP contribution is -2.64. The number of carbonyl (C=O) groups is 1. The van der Waals surface area contributed by atoms with Gasteiger partial charge in [-0.25, -0.2) is 4.79 Å². The summed E-state index contributed by atoms with van der Waals surface area (Å²) in [5, 5.41) is 18.8. The number of piperazine rings is 1. The summed E-state index contributed by atoms with van der Waals surface area (Å²) in [5.41, 5.74) is 0.966. The first kappa shape index (κ1) is 16.0. The van der Waals surface area contributed by atoms with Crippen LogP contribution in [0.2, 0.25) is 0 Å². The summed E-state index contributed by atoms with van der Waals surface area (Å²) in [5.74, 6) is 0. The molecule has 1 aliphatic rings. The van der Waals surface area contributed by atoms with E-state index in [9.17, 15) is 15.0 Å². The van der Waals surface area contributed by atoms with Gasteiger partial charge in [0, 0.05) is 25.7 Å². The third-order valence-corrected chi connectivity index (χ3v) is 3.63. The zero-order chi connectivity index (χ0) is 14.8. The molecule has 19 heavy (non-hydrogen) atoms. The van der Waals surface area contributed by atoms with Crippen molar-refractivity contribution in [2.24, 2.45) is 5.41 Å². The second kappa shape index (κ2) is 5.92. The normalized spacial score (nSPS) is 25.4. The van der Waals surface area contributed by atoms with Gasteiger partial charge in [-0.05, 0) is 12.3 Å². The average Bonchev–Trinajstić information content (AvgIpc) is 2.26. The molecule has 0 aliphatic carbocycles.